The number of aromatic nitrogens is 2. The van der Waals surface area contributed by atoms with Crippen LogP contribution in [-0.4, -0.2) is 38.4 Å². The molecule has 0 radical (unpaired) electrons. The average molecular weight is 345 g/mol. The molecule has 0 fully saturated rings. The average Bonchev–Trinajstić information content (AvgIpc) is 2.74. The summed E-state index contributed by atoms with van der Waals surface area (Å²) in [5.74, 6) is 0.686. The van der Waals surface area contributed by atoms with Gasteiger partial charge in [-0.2, -0.15) is 11.8 Å². The standard InChI is InChI=1S/C14H17ClN2O2S2/c1-9(7-20-2)6-17-12-5-10(15)3-4-11(12)16-14(17)21-8-13(18)19/h3-5,9H,6-8H2,1-2H3,(H,18,19). The lowest BCUT2D eigenvalue weighted by atomic mass is 10.2. The van der Waals surface area contributed by atoms with E-state index in [1.165, 1.54) is 11.8 Å². The lowest BCUT2D eigenvalue weighted by molar-refractivity contribution is -0.133. The van der Waals surface area contributed by atoms with E-state index in [2.05, 4.69) is 22.7 Å². The van der Waals surface area contributed by atoms with E-state index in [1.807, 2.05) is 12.1 Å². The number of carboxylic acids is 1. The molecule has 0 spiro atoms. The smallest absolute Gasteiger partial charge is 0.313 e. The molecule has 1 unspecified atom stereocenters. The third-order valence-electron chi connectivity index (χ3n) is 2.95. The molecule has 0 bridgehead atoms. The summed E-state index contributed by atoms with van der Waals surface area (Å²) in [4.78, 5) is 15.3. The molecule has 0 aliphatic heterocycles. The number of fused-ring (bicyclic) bond motifs is 1. The van der Waals surface area contributed by atoms with E-state index >= 15 is 0 Å². The van der Waals surface area contributed by atoms with Crippen molar-refractivity contribution in [2.75, 3.05) is 17.8 Å². The summed E-state index contributed by atoms with van der Waals surface area (Å²) in [6.45, 7) is 2.98. The van der Waals surface area contributed by atoms with Crippen LogP contribution in [0.25, 0.3) is 11.0 Å². The zero-order valence-corrected chi connectivity index (χ0v) is 14.3. The van der Waals surface area contributed by atoms with Crippen LogP contribution in [0.15, 0.2) is 23.4 Å². The molecule has 2 aromatic rings. The van der Waals surface area contributed by atoms with Crippen LogP contribution in [0.5, 0.6) is 0 Å². The van der Waals surface area contributed by atoms with E-state index in [1.54, 1.807) is 17.8 Å². The van der Waals surface area contributed by atoms with E-state index in [0.717, 1.165) is 28.5 Å². The Kier molecular flexibility index (Phi) is 5.84. The minimum atomic E-state index is -0.839. The van der Waals surface area contributed by atoms with Crippen molar-refractivity contribution in [2.24, 2.45) is 5.92 Å². The van der Waals surface area contributed by atoms with Gasteiger partial charge in [0.1, 0.15) is 0 Å². The van der Waals surface area contributed by atoms with Gasteiger partial charge < -0.3 is 9.67 Å². The molecule has 7 heteroatoms. The zero-order chi connectivity index (χ0) is 15.4. The predicted molar refractivity (Wildman–Crippen MR) is 90.6 cm³/mol. The van der Waals surface area contributed by atoms with E-state index in [4.69, 9.17) is 16.7 Å². The quantitative estimate of drug-likeness (QED) is 0.773. The highest BCUT2D eigenvalue weighted by atomic mass is 35.5. The Bertz CT molecular complexity index is 645. The Hall–Kier alpha value is -0.850. The lowest BCUT2D eigenvalue weighted by Gasteiger charge is -2.14. The van der Waals surface area contributed by atoms with Gasteiger partial charge in [0, 0.05) is 11.6 Å². The summed E-state index contributed by atoms with van der Waals surface area (Å²) in [6, 6.07) is 5.57. The minimum absolute atomic E-state index is 0.00790. The Balaban J connectivity index is 2.37. The van der Waals surface area contributed by atoms with Gasteiger partial charge in [-0.25, -0.2) is 4.98 Å². The molecule has 4 nitrogen and oxygen atoms in total. The topological polar surface area (TPSA) is 55.1 Å². The second kappa shape index (κ2) is 7.42. The first-order chi connectivity index (χ1) is 10.0. The van der Waals surface area contributed by atoms with Crippen LogP contribution >= 0.6 is 35.1 Å². The molecule has 0 aliphatic rings. The summed E-state index contributed by atoms with van der Waals surface area (Å²) in [7, 11) is 0. The zero-order valence-electron chi connectivity index (χ0n) is 11.9. The van der Waals surface area contributed by atoms with Gasteiger partial charge in [0.2, 0.25) is 0 Å². The highest BCUT2D eigenvalue weighted by molar-refractivity contribution is 7.99. The third kappa shape index (κ3) is 4.31. The van der Waals surface area contributed by atoms with Crippen LogP contribution in [0.4, 0.5) is 0 Å². The first kappa shape index (κ1) is 16.5. The van der Waals surface area contributed by atoms with Crippen molar-refractivity contribution in [3.8, 4) is 0 Å². The van der Waals surface area contributed by atoms with E-state index in [-0.39, 0.29) is 5.75 Å². The van der Waals surface area contributed by atoms with E-state index in [9.17, 15) is 4.79 Å². The van der Waals surface area contributed by atoms with Crippen molar-refractivity contribution in [1.82, 2.24) is 9.55 Å². The molecular weight excluding hydrogens is 328 g/mol. The van der Waals surface area contributed by atoms with Crippen molar-refractivity contribution in [1.29, 1.82) is 0 Å². The van der Waals surface area contributed by atoms with Gasteiger partial charge in [0.05, 0.1) is 16.8 Å². The monoisotopic (exact) mass is 344 g/mol. The number of benzene rings is 1. The second-order valence-electron chi connectivity index (χ2n) is 4.88. The van der Waals surface area contributed by atoms with Crippen LogP contribution < -0.4 is 0 Å². The van der Waals surface area contributed by atoms with Gasteiger partial charge in [-0.3, -0.25) is 4.79 Å². The molecule has 1 heterocycles. The third-order valence-corrected chi connectivity index (χ3v) is 5.04. The molecule has 1 aromatic carbocycles. The van der Waals surface area contributed by atoms with Gasteiger partial charge in [-0.1, -0.05) is 30.3 Å². The maximum Gasteiger partial charge on any atom is 0.313 e. The number of aliphatic carboxylic acids is 1. The summed E-state index contributed by atoms with van der Waals surface area (Å²) in [5.41, 5.74) is 1.81. The van der Waals surface area contributed by atoms with Gasteiger partial charge in [0.25, 0.3) is 0 Å². The molecule has 1 N–H and O–H groups in total. The fraction of sp³-hybridized carbons (Fsp3) is 0.429. The van der Waals surface area contributed by atoms with Gasteiger partial charge in [-0.15, -0.1) is 0 Å². The number of imidazole rings is 1. The fourth-order valence-electron chi connectivity index (χ4n) is 2.14. The largest absolute Gasteiger partial charge is 0.481 e. The molecule has 21 heavy (non-hydrogen) atoms. The normalized spacial score (nSPS) is 12.7. The number of nitrogens with zero attached hydrogens (tertiary/aromatic N) is 2. The van der Waals surface area contributed by atoms with Crippen molar-refractivity contribution < 1.29 is 9.90 Å². The Morgan fingerprint density at radius 3 is 2.95 bits per heavy atom. The number of halogens is 1. The highest BCUT2D eigenvalue weighted by Gasteiger charge is 2.15. The Morgan fingerprint density at radius 1 is 1.52 bits per heavy atom. The van der Waals surface area contributed by atoms with Gasteiger partial charge in [-0.05, 0) is 36.1 Å². The van der Waals surface area contributed by atoms with Crippen LogP contribution in [0, 0.1) is 5.92 Å². The summed E-state index contributed by atoms with van der Waals surface area (Å²) in [5, 5.41) is 10.3. The molecule has 114 valence electrons. The molecule has 0 saturated heterocycles. The molecule has 0 saturated carbocycles. The van der Waals surface area contributed by atoms with Crippen LogP contribution in [0.2, 0.25) is 5.02 Å². The number of rotatable bonds is 7. The first-order valence-corrected chi connectivity index (χ1v) is 9.26. The van der Waals surface area contributed by atoms with E-state index in [0.29, 0.717) is 10.9 Å². The van der Waals surface area contributed by atoms with Gasteiger partial charge in [0.15, 0.2) is 5.16 Å². The lowest BCUT2D eigenvalue weighted by Crippen LogP contribution is -2.11. The minimum Gasteiger partial charge on any atom is -0.481 e. The maximum absolute atomic E-state index is 10.8. The second-order valence-corrected chi connectivity index (χ2v) is 7.17. The number of hydrogen-bond acceptors (Lipinski definition) is 4. The number of thioether (sulfide) groups is 2. The van der Waals surface area contributed by atoms with Crippen molar-refractivity contribution in [3.63, 3.8) is 0 Å². The molecule has 1 atom stereocenters. The van der Waals surface area contributed by atoms with E-state index < -0.39 is 5.97 Å². The Labute approximate surface area is 137 Å². The molecule has 2 rings (SSSR count). The van der Waals surface area contributed by atoms with Crippen molar-refractivity contribution >= 4 is 52.1 Å². The molecule has 1 aromatic heterocycles. The van der Waals surface area contributed by atoms with Crippen LogP contribution in [0.3, 0.4) is 0 Å². The maximum atomic E-state index is 10.8. The SMILES string of the molecule is CSCC(C)Cn1c(SCC(=O)O)nc2ccc(Cl)cc21. The predicted octanol–water partition coefficient (Wildman–Crippen LogP) is 3.87. The van der Waals surface area contributed by atoms with Crippen LogP contribution in [-0.2, 0) is 11.3 Å². The number of hydrogen-bond donors (Lipinski definition) is 1. The summed E-state index contributed by atoms with van der Waals surface area (Å²) in [6.07, 6.45) is 2.08. The van der Waals surface area contributed by atoms with Crippen LogP contribution in [0.1, 0.15) is 6.92 Å². The Morgan fingerprint density at radius 2 is 2.29 bits per heavy atom. The first-order valence-electron chi connectivity index (χ1n) is 6.50. The fourth-order valence-corrected chi connectivity index (χ4v) is 3.72. The summed E-state index contributed by atoms with van der Waals surface area (Å²) < 4.78 is 2.08. The highest BCUT2D eigenvalue weighted by Crippen LogP contribution is 2.27. The number of carboxylic acid groups (broad SMARTS) is 1. The van der Waals surface area contributed by atoms with Gasteiger partial charge >= 0.3 is 5.97 Å². The molecule has 0 aliphatic carbocycles. The van der Waals surface area contributed by atoms with Crippen molar-refractivity contribution in [3.05, 3.63) is 23.2 Å². The number of carbonyl (C=O) groups is 1. The van der Waals surface area contributed by atoms with Crippen molar-refractivity contribution in [2.45, 2.75) is 18.6 Å². The summed E-state index contributed by atoms with van der Waals surface area (Å²) >= 11 is 9.13. The molecule has 0 amide bonds. The molecular formula is C14H17ClN2O2S2.